The molecule has 2 aliphatic carbocycles. The molecule has 104 valence electrons. The Kier molecular flexibility index (Phi) is 2.62. The van der Waals surface area contributed by atoms with E-state index in [1.807, 2.05) is 36.1 Å². The summed E-state index contributed by atoms with van der Waals surface area (Å²) in [5.41, 5.74) is 2.07. The van der Waals surface area contributed by atoms with Gasteiger partial charge in [0.05, 0.1) is 0 Å². The van der Waals surface area contributed by atoms with Gasteiger partial charge < -0.3 is 10.2 Å². The molecule has 2 bridgehead atoms. The number of amides is 2. The average molecular weight is 268 g/mol. The lowest BCUT2D eigenvalue weighted by Crippen LogP contribution is -2.34. The van der Waals surface area contributed by atoms with Crippen LogP contribution in [0.4, 0.5) is 10.5 Å². The smallest absolute Gasteiger partial charge is 0.321 e. The summed E-state index contributed by atoms with van der Waals surface area (Å²) in [6, 6.07) is 8.05. The monoisotopic (exact) mass is 268 g/mol. The number of benzene rings is 1. The van der Waals surface area contributed by atoms with Crippen LogP contribution >= 0.6 is 0 Å². The van der Waals surface area contributed by atoms with Crippen molar-refractivity contribution in [3.8, 4) is 0 Å². The van der Waals surface area contributed by atoms with Gasteiger partial charge in [0.15, 0.2) is 0 Å². The van der Waals surface area contributed by atoms with Crippen molar-refractivity contribution >= 4 is 11.7 Å². The molecular formula is C17H20N2O. The van der Waals surface area contributed by atoms with Crippen LogP contribution in [0.1, 0.15) is 12.0 Å². The first-order valence-corrected chi connectivity index (χ1v) is 7.51. The van der Waals surface area contributed by atoms with Gasteiger partial charge in [-0.05, 0) is 54.7 Å². The molecule has 4 unspecified atom stereocenters. The van der Waals surface area contributed by atoms with E-state index in [2.05, 4.69) is 17.5 Å². The minimum absolute atomic E-state index is 0.0596. The maximum Gasteiger partial charge on any atom is 0.321 e. The van der Waals surface area contributed by atoms with Gasteiger partial charge in [-0.2, -0.15) is 0 Å². The van der Waals surface area contributed by atoms with Crippen LogP contribution in [0.25, 0.3) is 0 Å². The van der Waals surface area contributed by atoms with Crippen molar-refractivity contribution in [1.82, 2.24) is 4.90 Å². The van der Waals surface area contributed by atoms with Gasteiger partial charge in [0, 0.05) is 18.8 Å². The van der Waals surface area contributed by atoms with Crippen molar-refractivity contribution in [3.63, 3.8) is 0 Å². The second kappa shape index (κ2) is 4.37. The third-order valence-electron chi connectivity index (χ3n) is 5.22. The van der Waals surface area contributed by atoms with Crippen LogP contribution in [0.15, 0.2) is 36.4 Å². The highest BCUT2D eigenvalue weighted by atomic mass is 16.2. The summed E-state index contributed by atoms with van der Waals surface area (Å²) in [4.78, 5) is 14.4. The normalized spacial score (nSPS) is 33.5. The third-order valence-corrected chi connectivity index (χ3v) is 5.22. The summed E-state index contributed by atoms with van der Waals surface area (Å²) in [6.07, 6.45) is 6.06. The van der Waals surface area contributed by atoms with E-state index >= 15 is 0 Å². The number of allylic oxidation sites excluding steroid dienone is 2. The highest BCUT2D eigenvalue weighted by Gasteiger charge is 2.50. The van der Waals surface area contributed by atoms with E-state index in [0.717, 1.165) is 30.6 Å². The molecule has 0 aromatic heterocycles. The molecular weight excluding hydrogens is 248 g/mol. The van der Waals surface area contributed by atoms with Gasteiger partial charge in [-0.25, -0.2) is 4.79 Å². The predicted octanol–water partition coefficient (Wildman–Crippen LogP) is 3.28. The molecule has 1 N–H and O–H groups in total. The van der Waals surface area contributed by atoms with Gasteiger partial charge in [0.1, 0.15) is 0 Å². The quantitative estimate of drug-likeness (QED) is 0.779. The number of anilines is 1. The number of nitrogens with one attached hydrogen (secondary N) is 1. The van der Waals surface area contributed by atoms with Crippen LogP contribution in [-0.2, 0) is 0 Å². The number of fused-ring (bicyclic) bond motifs is 5. The molecule has 3 aliphatic rings. The Morgan fingerprint density at radius 1 is 1.20 bits per heavy atom. The average Bonchev–Trinajstić information content (AvgIpc) is 3.11. The minimum atomic E-state index is 0.0596. The fourth-order valence-electron chi connectivity index (χ4n) is 4.24. The lowest BCUT2D eigenvalue weighted by molar-refractivity contribution is 0.217. The topological polar surface area (TPSA) is 32.3 Å². The second-order valence-electron chi connectivity index (χ2n) is 6.48. The molecule has 1 heterocycles. The van der Waals surface area contributed by atoms with Gasteiger partial charge in [-0.15, -0.1) is 0 Å². The number of likely N-dealkylation sites (tertiary alicyclic amines) is 1. The number of rotatable bonds is 1. The number of nitrogens with zero attached hydrogens (tertiary/aromatic N) is 1. The second-order valence-corrected chi connectivity index (χ2v) is 6.48. The molecule has 1 aliphatic heterocycles. The maximum absolute atomic E-state index is 12.4. The van der Waals surface area contributed by atoms with Gasteiger partial charge in [-0.1, -0.05) is 24.3 Å². The number of hydrogen-bond acceptors (Lipinski definition) is 1. The zero-order valence-electron chi connectivity index (χ0n) is 11.8. The number of aryl methyl sites for hydroxylation is 1. The highest BCUT2D eigenvalue weighted by Crippen LogP contribution is 2.51. The summed E-state index contributed by atoms with van der Waals surface area (Å²) in [7, 11) is 0. The molecule has 3 nitrogen and oxygen atoms in total. The van der Waals surface area contributed by atoms with Gasteiger partial charge in [0.2, 0.25) is 0 Å². The Balaban J connectivity index is 1.44. The fourth-order valence-corrected chi connectivity index (χ4v) is 4.24. The Morgan fingerprint density at radius 2 is 1.90 bits per heavy atom. The van der Waals surface area contributed by atoms with E-state index in [0.29, 0.717) is 11.8 Å². The van der Waals surface area contributed by atoms with E-state index in [1.165, 1.54) is 12.0 Å². The Labute approximate surface area is 119 Å². The zero-order chi connectivity index (χ0) is 13.7. The van der Waals surface area contributed by atoms with Crippen LogP contribution < -0.4 is 5.32 Å². The van der Waals surface area contributed by atoms with Crippen molar-refractivity contribution in [1.29, 1.82) is 0 Å². The van der Waals surface area contributed by atoms with Crippen molar-refractivity contribution in [2.24, 2.45) is 23.7 Å². The van der Waals surface area contributed by atoms with Crippen LogP contribution in [0.3, 0.4) is 0 Å². The fraction of sp³-hybridized carbons (Fsp3) is 0.471. The maximum atomic E-state index is 12.4. The summed E-state index contributed by atoms with van der Waals surface area (Å²) in [5.74, 6) is 2.85. The van der Waals surface area contributed by atoms with Crippen molar-refractivity contribution < 1.29 is 4.79 Å². The van der Waals surface area contributed by atoms with E-state index in [4.69, 9.17) is 0 Å². The molecule has 2 fully saturated rings. The number of urea groups is 1. The molecule has 4 atom stereocenters. The summed E-state index contributed by atoms with van der Waals surface area (Å²) in [5, 5.41) is 3.03. The Bertz CT molecular complexity index is 560. The summed E-state index contributed by atoms with van der Waals surface area (Å²) >= 11 is 0. The van der Waals surface area contributed by atoms with Gasteiger partial charge in [-0.3, -0.25) is 0 Å². The number of carbonyl (C=O) groups excluding carboxylic acids is 1. The molecule has 1 aromatic rings. The number of carbonyl (C=O) groups is 1. The largest absolute Gasteiger partial charge is 0.324 e. The van der Waals surface area contributed by atoms with Crippen molar-refractivity contribution in [2.75, 3.05) is 18.4 Å². The zero-order valence-corrected chi connectivity index (χ0v) is 11.8. The molecule has 1 aromatic carbocycles. The van der Waals surface area contributed by atoms with Crippen LogP contribution in [0, 0.1) is 30.6 Å². The number of hydrogen-bond donors (Lipinski definition) is 1. The Hall–Kier alpha value is -1.77. The standard InChI is InChI=1S/C17H20N2O/c1-11-3-2-4-14(7-11)18-17(20)19-9-15-12-5-6-13(8-12)16(15)10-19/h2-7,12-13,15-16H,8-10H2,1H3,(H,18,20). The van der Waals surface area contributed by atoms with Crippen molar-refractivity contribution in [3.05, 3.63) is 42.0 Å². The molecule has 2 amide bonds. The lowest BCUT2D eigenvalue weighted by Gasteiger charge is -2.19. The lowest BCUT2D eigenvalue weighted by atomic mass is 9.86. The van der Waals surface area contributed by atoms with Gasteiger partial charge in [0.25, 0.3) is 0 Å². The third kappa shape index (κ3) is 1.84. The van der Waals surface area contributed by atoms with E-state index in [-0.39, 0.29) is 6.03 Å². The summed E-state index contributed by atoms with van der Waals surface area (Å²) in [6.45, 7) is 3.89. The van der Waals surface area contributed by atoms with Crippen LogP contribution in [0.5, 0.6) is 0 Å². The molecule has 0 radical (unpaired) electrons. The first kappa shape index (κ1) is 12.0. The molecule has 4 rings (SSSR count). The first-order valence-electron chi connectivity index (χ1n) is 7.51. The molecule has 3 heteroatoms. The van der Waals surface area contributed by atoms with Crippen molar-refractivity contribution in [2.45, 2.75) is 13.3 Å². The van der Waals surface area contributed by atoms with Crippen LogP contribution in [-0.4, -0.2) is 24.0 Å². The summed E-state index contributed by atoms with van der Waals surface area (Å²) < 4.78 is 0. The molecule has 1 saturated heterocycles. The molecule has 1 saturated carbocycles. The van der Waals surface area contributed by atoms with E-state index in [9.17, 15) is 4.79 Å². The molecule has 0 spiro atoms. The van der Waals surface area contributed by atoms with Gasteiger partial charge >= 0.3 is 6.03 Å². The Morgan fingerprint density at radius 3 is 2.55 bits per heavy atom. The molecule has 20 heavy (non-hydrogen) atoms. The first-order chi connectivity index (χ1) is 9.70. The highest BCUT2D eigenvalue weighted by molar-refractivity contribution is 5.89. The predicted molar refractivity (Wildman–Crippen MR) is 79.5 cm³/mol. The SMILES string of the molecule is Cc1cccc(NC(=O)N2CC3C4C=CC(C4)C3C2)c1. The minimum Gasteiger partial charge on any atom is -0.324 e. The van der Waals surface area contributed by atoms with Crippen LogP contribution in [0.2, 0.25) is 0 Å². The van der Waals surface area contributed by atoms with E-state index < -0.39 is 0 Å². The van der Waals surface area contributed by atoms with E-state index in [1.54, 1.807) is 0 Å².